The molecule has 214 valence electrons. The summed E-state index contributed by atoms with van der Waals surface area (Å²) in [5.74, 6) is -1.69. The van der Waals surface area contributed by atoms with Crippen LogP contribution in [0.5, 0.6) is 0 Å². The summed E-state index contributed by atoms with van der Waals surface area (Å²) in [4.78, 5) is 20.7. The van der Waals surface area contributed by atoms with Crippen LogP contribution in [0.2, 0.25) is 0 Å². The van der Waals surface area contributed by atoms with Crippen LogP contribution in [0.3, 0.4) is 0 Å². The second-order valence-electron chi connectivity index (χ2n) is 10.5. The van der Waals surface area contributed by atoms with Gasteiger partial charge in [0.15, 0.2) is 0 Å². The molecule has 0 aliphatic heterocycles. The van der Waals surface area contributed by atoms with E-state index in [0.29, 0.717) is 0 Å². The maximum absolute atomic E-state index is 10.4. The molecule has 4 nitrogen and oxygen atoms in total. The summed E-state index contributed by atoms with van der Waals surface area (Å²) in [6, 6.07) is 0. The number of unbranched alkanes of at least 4 members (excludes halogenated alkanes) is 23. The molecule has 0 heterocycles. The summed E-state index contributed by atoms with van der Waals surface area (Å²) < 4.78 is 0. The highest BCUT2D eigenvalue weighted by Gasteiger charge is 1.95. The predicted molar refractivity (Wildman–Crippen MR) is 158 cm³/mol. The minimum atomic E-state index is -0.847. The first-order valence-electron chi connectivity index (χ1n) is 15.6. The molecule has 2 N–H and O–H groups in total. The molecule has 0 aromatic heterocycles. The predicted octanol–water partition coefficient (Wildman–Crippen LogP) is 10.6. The van der Waals surface area contributed by atoms with Crippen LogP contribution >= 0.6 is 0 Å². The highest BCUT2D eigenvalue weighted by atomic mass is 16.4. The number of carboxylic acid groups (broad SMARTS) is 2. The van der Waals surface area contributed by atoms with Crippen LogP contribution in [0, 0.1) is 0 Å². The lowest BCUT2D eigenvalue weighted by Gasteiger charge is -2.03. The zero-order valence-electron chi connectivity index (χ0n) is 23.9. The molecule has 4 heteroatoms. The number of hydrogen-bond donors (Lipinski definition) is 2. The van der Waals surface area contributed by atoms with E-state index in [1.54, 1.807) is 12.2 Å². The first kappa shape index (κ1) is 35.2. The fourth-order valence-corrected chi connectivity index (χ4v) is 4.66. The van der Waals surface area contributed by atoms with Gasteiger partial charge >= 0.3 is 11.9 Å². The Labute approximate surface area is 228 Å². The Hall–Kier alpha value is -1.84. The molecule has 0 saturated heterocycles. The van der Waals surface area contributed by atoms with Crippen LogP contribution < -0.4 is 0 Å². The van der Waals surface area contributed by atoms with E-state index in [4.69, 9.17) is 10.2 Å². The Morgan fingerprint density at radius 2 is 0.514 bits per heavy atom. The Bertz CT molecular complexity index is 591. The van der Waals surface area contributed by atoms with Crippen LogP contribution in [0.4, 0.5) is 0 Å². The lowest BCUT2D eigenvalue weighted by atomic mass is 10.0. The maximum Gasteiger partial charge on any atom is 0.327 e. The molecule has 0 aliphatic rings. The van der Waals surface area contributed by atoms with Gasteiger partial charge in [-0.2, -0.15) is 0 Å². The molecule has 0 atom stereocenters. The second kappa shape index (κ2) is 30.4. The molecule has 0 saturated carbocycles. The van der Waals surface area contributed by atoms with Gasteiger partial charge in [0.05, 0.1) is 0 Å². The van der Waals surface area contributed by atoms with Gasteiger partial charge in [0, 0.05) is 12.2 Å². The van der Waals surface area contributed by atoms with Gasteiger partial charge in [-0.1, -0.05) is 133 Å². The fourth-order valence-electron chi connectivity index (χ4n) is 4.66. The van der Waals surface area contributed by atoms with Crippen molar-refractivity contribution in [1.29, 1.82) is 0 Å². The number of rotatable bonds is 29. The van der Waals surface area contributed by atoms with Gasteiger partial charge < -0.3 is 10.2 Å². The van der Waals surface area contributed by atoms with Gasteiger partial charge in [0.2, 0.25) is 0 Å². The standard InChI is InChI=1S/C33H58O4/c34-32(35)30-28-26-24-22-20-18-16-14-12-10-8-6-4-2-1-3-5-7-9-11-13-15-17-19-21-23-25-27-29-31-33(36)37/h12,14,28-31H,1-11,13,15-27H2,(H,34,35)(H,36,37). The van der Waals surface area contributed by atoms with Crippen LogP contribution in [0.1, 0.15) is 161 Å². The number of hydrogen-bond acceptors (Lipinski definition) is 2. The quantitative estimate of drug-likeness (QED) is 0.0586. The van der Waals surface area contributed by atoms with E-state index >= 15 is 0 Å². The van der Waals surface area contributed by atoms with Crippen molar-refractivity contribution in [3.63, 3.8) is 0 Å². The number of carboxylic acids is 2. The monoisotopic (exact) mass is 518 g/mol. The highest BCUT2D eigenvalue weighted by Crippen LogP contribution is 2.15. The normalized spacial score (nSPS) is 11.9. The third-order valence-electron chi connectivity index (χ3n) is 6.92. The zero-order chi connectivity index (χ0) is 27.1. The van der Waals surface area contributed by atoms with Gasteiger partial charge in [-0.3, -0.25) is 0 Å². The van der Waals surface area contributed by atoms with Crippen molar-refractivity contribution >= 4 is 11.9 Å². The number of carbonyl (C=O) groups is 2. The molecule has 0 radical (unpaired) electrons. The number of aliphatic carboxylic acids is 2. The Kier molecular flexibility index (Phi) is 28.9. The lowest BCUT2D eigenvalue weighted by Crippen LogP contribution is -1.86. The molecule has 0 unspecified atom stereocenters. The summed E-state index contributed by atoms with van der Waals surface area (Å²) >= 11 is 0. The average molecular weight is 519 g/mol. The van der Waals surface area contributed by atoms with Gasteiger partial charge in [-0.05, 0) is 51.4 Å². The third-order valence-corrected chi connectivity index (χ3v) is 6.92. The van der Waals surface area contributed by atoms with E-state index in [0.717, 1.165) is 25.7 Å². The van der Waals surface area contributed by atoms with Crippen molar-refractivity contribution in [1.82, 2.24) is 0 Å². The van der Waals surface area contributed by atoms with E-state index < -0.39 is 11.9 Å². The van der Waals surface area contributed by atoms with Crippen LogP contribution in [0.15, 0.2) is 36.5 Å². The molecule has 0 amide bonds. The van der Waals surface area contributed by atoms with Crippen molar-refractivity contribution in [2.75, 3.05) is 0 Å². The Morgan fingerprint density at radius 1 is 0.324 bits per heavy atom. The first-order chi connectivity index (χ1) is 18.1. The summed E-state index contributed by atoms with van der Waals surface area (Å²) in [5, 5.41) is 17.1. The minimum absolute atomic E-state index is 0.839. The van der Waals surface area contributed by atoms with E-state index in [1.165, 1.54) is 147 Å². The molecular formula is C33H58O4. The molecule has 0 rings (SSSR count). The van der Waals surface area contributed by atoms with E-state index in [-0.39, 0.29) is 0 Å². The average Bonchev–Trinajstić information content (AvgIpc) is 2.87. The van der Waals surface area contributed by atoms with E-state index in [9.17, 15) is 9.59 Å². The fraction of sp³-hybridized carbons (Fsp3) is 0.758. The topological polar surface area (TPSA) is 74.6 Å². The maximum atomic E-state index is 10.4. The van der Waals surface area contributed by atoms with Gasteiger partial charge in [-0.15, -0.1) is 0 Å². The van der Waals surface area contributed by atoms with E-state index in [1.807, 2.05) is 0 Å². The summed E-state index contributed by atoms with van der Waals surface area (Å²) in [6.45, 7) is 0. The Balaban J connectivity index is 3.13. The summed E-state index contributed by atoms with van der Waals surface area (Å²) in [7, 11) is 0. The SMILES string of the molecule is O=C(O)C=CCCCCCCC=CCCCCCCCCCCCCCCCCCCCC=CC(=O)O. The Morgan fingerprint density at radius 3 is 0.730 bits per heavy atom. The molecule has 37 heavy (non-hydrogen) atoms. The van der Waals surface area contributed by atoms with Crippen molar-refractivity contribution in [2.45, 2.75) is 161 Å². The van der Waals surface area contributed by atoms with Gasteiger partial charge in [0.25, 0.3) is 0 Å². The third kappa shape index (κ3) is 34.2. The lowest BCUT2D eigenvalue weighted by molar-refractivity contribution is -0.132. The highest BCUT2D eigenvalue weighted by molar-refractivity contribution is 5.79. The largest absolute Gasteiger partial charge is 0.478 e. The second-order valence-corrected chi connectivity index (χ2v) is 10.5. The molecule has 0 spiro atoms. The summed E-state index contributed by atoms with van der Waals surface area (Å²) in [6.07, 6.45) is 42.7. The minimum Gasteiger partial charge on any atom is -0.478 e. The van der Waals surface area contributed by atoms with Gasteiger partial charge in [0.1, 0.15) is 0 Å². The van der Waals surface area contributed by atoms with Crippen molar-refractivity contribution < 1.29 is 19.8 Å². The summed E-state index contributed by atoms with van der Waals surface area (Å²) in [5.41, 5.74) is 0. The van der Waals surface area contributed by atoms with Gasteiger partial charge in [-0.25, -0.2) is 9.59 Å². The number of allylic oxidation sites excluding steroid dienone is 4. The molecular weight excluding hydrogens is 460 g/mol. The molecule has 0 fully saturated rings. The molecule has 0 bridgehead atoms. The first-order valence-corrected chi connectivity index (χ1v) is 15.6. The van der Waals surface area contributed by atoms with E-state index in [2.05, 4.69) is 12.2 Å². The van der Waals surface area contributed by atoms with Crippen molar-refractivity contribution in [3.05, 3.63) is 36.5 Å². The van der Waals surface area contributed by atoms with Crippen LogP contribution in [-0.2, 0) is 9.59 Å². The van der Waals surface area contributed by atoms with Crippen molar-refractivity contribution in [2.24, 2.45) is 0 Å². The molecule has 0 aliphatic carbocycles. The molecule has 0 aromatic carbocycles. The zero-order valence-corrected chi connectivity index (χ0v) is 23.9. The van der Waals surface area contributed by atoms with Crippen molar-refractivity contribution in [3.8, 4) is 0 Å². The smallest absolute Gasteiger partial charge is 0.327 e. The van der Waals surface area contributed by atoms with Crippen LogP contribution in [-0.4, -0.2) is 22.2 Å². The van der Waals surface area contributed by atoms with Crippen LogP contribution in [0.25, 0.3) is 0 Å². The molecule has 0 aromatic rings.